The molecule has 3 rings (SSSR count). The summed E-state index contributed by atoms with van der Waals surface area (Å²) >= 11 is 0. The molecule has 10 heteroatoms. The highest BCUT2D eigenvalue weighted by atomic mass is 32.2. The molecule has 0 bridgehead atoms. The van der Waals surface area contributed by atoms with Gasteiger partial charge in [0.05, 0.1) is 4.90 Å². The second-order valence-corrected chi connectivity index (χ2v) is 12.4. The molecule has 2 atom stereocenters. The summed E-state index contributed by atoms with van der Waals surface area (Å²) in [7, 11) is -6.85. The van der Waals surface area contributed by atoms with Gasteiger partial charge in [-0.05, 0) is 78.6 Å². The van der Waals surface area contributed by atoms with Crippen LogP contribution in [0.2, 0.25) is 0 Å². The molecule has 1 aliphatic rings. The smallest absolute Gasteiger partial charge is 0.762 e. The molecule has 2 aromatic carbocycles. The standard InChI is InChI=1S/C10H14O3S.C10H14.C6H13S.6CH4.BF3.FH/c1-3-8(2)9-4-6-10(7-5-9)14(11,12)13;1-3-9(2)10-7-5-4-6-8-10;1-2-7-5-3-4-6-7;;;;;;;2-1(3)4;/h4-8H,3H2,1-2H3,(H,11,12,13);4-9H,3H2,1-2H3;2-6H2,1H3;6*1H4;;1H/q;;+1;;;;;;;;/p-1. The van der Waals surface area contributed by atoms with Crippen LogP contribution in [0.1, 0.15) is 128 Å². The number of benzene rings is 2. The molecule has 2 aromatic rings. The van der Waals surface area contributed by atoms with Crippen molar-refractivity contribution >= 4 is 28.6 Å². The zero-order valence-electron chi connectivity index (χ0n) is 22.0. The quantitative estimate of drug-likeness (QED) is 0.148. The molecule has 0 aliphatic carbocycles. The Balaban J connectivity index is -0.0000000618. The van der Waals surface area contributed by atoms with E-state index in [4.69, 9.17) is 4.55 Å². The SMILES string of the molecule is C.C.C.C.C.C.CCC(C)c1ccc(S(=O)(=O)O)cc1.CCC(C)c1ccccc1.CC[S+]1CCCC1.FB(F)F.[F-]. The van der Waals surface area contributed by atoms with Crippen LogP contribution in [0, 0.1) is 0 Å². The van der Waals surface area contributed by atoms with Gasteiger partial charge in [0.1, 0.15) is 17.3 Å². The van der Waals surface area contributed by atoms with Crippen molar-refractivity contribution in [2.45, 2.75) is 122 Å². The van der Waals surface area contributed by atoms with Crippen LogP contribution < -0.4 is 4.70 Å². The van der Waals surface area contributed by atoms with Gasteiger partial charge in [0.25, 0.3) is 10.1 Å². The van der Waals surface area contributed by atoms with Crippen LogP contribution in [-0.2, 0) is 21.0 Å². The minimum atomic E-state index is -4.05. The molecule has 0 radical (unpaired) electrons. The topological polar surface area (TPSA) is 54.4 Å². The zero-order chi connectivity index (χ0) is 26.9. The minimum absolute atomic E-state index is 0. The maximum atomic E-state index is 10.7. The average molecular weight is 649 g/mol. The van der Waals surface area contributed by atoms with Gasteiger partial charge in [-0.15, -0.1) is 0 Å². The van der Waals surface area contributed by atoms with Crippen LogP contribution in [0.25, 0.3) is 0 Å². The molecule has 0 amide bonds. The van der Waals surface area contributed by atoms with Gasteiger partial charge >= 0.3 is 7.54 Å². The fourth-order valence-electron chi connectivity index (χ4n) is 3.22. The maximum absolute atomic E-state index is 10.7. The third-order valence-electron chi connectivity index (χ3n) is 5.86. The van der Waals surface area contributed by atoms with E-state index in [0.717, 1.165) is 22.9 Å². The molecule has 2 unspecified atom stereocenters. The van der Waals surface area contributed by atoms with E-state index in [0.29, 0.717) is 11.8 Å². The van der Waals surface area contributed by atoms with Crippen LogP contribution in [0.3, 0.4) is 0 Å². The summed E-state index contributed by atoms with van der Waals surface area (Å²) in [5.74, 6) is 5.64. The van der Waals surface area contributed by atoms with E-state index in [2.05, 4.69) is 65.0 Å². The predicted octanol–water partition coefficient (Wildman–Crippen LogP) is 8.77. The lowest BCUT2D eigenvalue weighted by Crippen LogP contribution is -3.00. The van der Waals surface area contributed by atoms with Crippen LogP contribution in [0.15, 0.2) is 59.5 Å². The number of halogens is 4. The van der Waals surface area contributed by atoms with Gasteiger partial charge in [0, 0.05) is 0 Å². The van der Waals surface area contributed by atoms with Gasteiger partial charge < -0.3 is 4.70 Å². The van der Waals surface area contributed by atoms with Crippen molar-refractivity contribution in [2.75, 3.05) is 17.3 Å². The fourth-order valence-corrected chi connectivity index (χ4v) is 5.71. The zero-order valence-corrected chi connectivity index (χ0v) is 23.6. The first kappa shape index (κ1) is 59.8. The molecule has 42 heavy (non-hydrogen) atoms. The van der Waals surface area contributed by atoms with Crippen LogP contribution in [-0.4, -0.2) is 37.8 Å². The van der Waals surface area contributed by atoms with Crippen molar-refractivity contribution in [3.8, 4) is 0 Å². The fraction of sp³-hybridized carbons (Fsp3) is 0.625. The summed E-state index contributed by atoms with van der Waals surface area (Å²) in [5.41, 5.74) is 2.53. The lowest BCUT2D eigenvalue weighted by atomic mass is 9.99. The number of hydrogen-bond donors (Lipinski definition) is 1. The van der Waals surface area contributed by atoms with Crippen molar-refractivity contribution in [3.63, 3.8) is 0 Å². The van der Waals surface area contributed by atoms with E-state index >= 15 is 0 Å². The molecule has 0 aromatic heterocycles. The maximum Gasteiger partial charge on any atom is 0.762 e. The van der Waals surface area contributed by atoms with Crippen LogP contribution in [0.4, 0.5) is 12.9 Å². The molecular weight excluding hydrogens is 583 g/mol. The van der Waals surface area contributed by atoms with Gasteiger partial charge in [-0.3, -0.25) is 17.5 Å². The van der Waals surface area contributed by atoms with E-state index in [9.17, 15) is 21.4 Å². The summed E-state index contributed by atoms with van der Waals surface area (Å²) in [6.45, 7) is 10.9. The first-order valence-electron chi connectivity index (χ1n) is 12.1. The van der Waals surface area contributed by atoms with E-state index in [1.165, 1.54) is 54.2 Å². The Morgan fingerprint density at radius 1 is 0.738 bits per heavy atom. The second kappa shape index (κ2) is 34.0. The minimum Gasteiger partial charge on any atom is -1.00 e. The summed E-state index contributed by atoms with van der Waals surface area (Å²) in [4.78, 5) is -0.0513. The Labute approximate surface area is 263 Å². The van der Waals surface area contributed by atoms with E-state index in [-0.39, 0.29) is 54.2 Å². The molecule has 0 saturated carbocycles. The Bertz CT molecular complexity index is 880. The molecule has 1 fully saturated rings. The molecular formula is C32H65BF4O3S2. The molecule has 1 aliphatic heterocycles. The van der Waals surface area contributed by atoms with Crippen molar-refractivity contribution in [1.82, 2.24) is 0 Å². The van der Waals surface area contributed by atoms with Crippen molar-refractivity contribution in [3.05, 3.63) is 65.7 Å². The predicted molar refractivity (Wildman–Crippen MR) is 186 cm³/mol. The van der Waals surface area contributed by atoms with E-state index < -0.39 is 17.7 Å². The molecule has 1 saturated heterocycles. The highest BCUT2D eigenvalue weighted by Gasteiger charge is 2.20. The van der Waals surface area contributed by atoms with Gasteiger partial charge in [-0.2, -0.15) is 8.42 Å². The first-order chi connectivity index (χ1) is 16.5. The lowest BCUT2D eigenvalue weighted by molar-refractivity contribution is -0.0000167. The monoisotopic (exact) mass is 648 g/mol. The highest BCUT2D eigenvalue weighted by Crippen LogP contribution is 2.20. The van der Waals surface area contributed by atoms with Crippen molar-refractivity contribution in [2.24, 2.45) is 0 Å². The Morgan fingerprint density at radius 2 is 1.07 bits per heavy atom. The first-order valence-corrected chi connectivity index (χ1v) is 15.3. The third-order valence-corrected chi connectivity index (χ3v) is 9.28. The lowest BCUT2D eigenvalue weighted by Gasteiger charge is -2.08. The summed E-state index contributed by atoms with van der Waals surface area (Å²) in [6.07, 6.45) is 5.25. The van der Waals surface area contributed by atoms with Gasteiger partial charge in [-0.1, -0.05) is 115 Å². The Kier molecular flexibility index (Phi) is 48.4. The molecule has 254 valence electrons. The Morgan fingerprint density at radius 3 is 1.33 bits per heavy atom. The Hall–Kier alpha value is -1.52. The summed E-state index contributed by atoms with van der Waals surface area (Å²) < 4.78 is 59.2. The third kappa shape index (κ3) is 28.6. The van der Waals surface area contributed by atoms with Gasteiger partial charge in [-0.25, -0.2) is 0 Å². The molecule has 0 spiro atoms. The van der Waals surface area contributed by atoms with Gasteiger partial charge in [0.2, 0.25) is 0 Å². The molecule has 1 N–H and O–H groups in total. The summed E-state index contributed by atoms with van der Waals surface area (Å²) in [6, 6.07) is 17.0. The van der Waals surface area contributed by atoms with Crippen LogP contribution in [0.5, 0.6) is 0 Å². The molecule has 1 heterocycles. The number of rotatable bonds is 6. The largest absolute Gasteiger partial charge is 1.00 e. The van der Waals surface area contributed by atoms with E-state index in [1.54, 1.807) is 12.1 Å². The van der Waals surface area contributed by atoms with Gasteiger partial charge in [0.15, 0.2) is 0 Å². The number of hydrogen-bond acceptors (Lipinski definition) is 2. The van der Waals surface area contributed by atoms with Crippen molar-refractivity contribution < 1.29 is 30.6 Å². The summed E-state index contributed by atoms with van der Waals surface area (Å²) in [5, 5.41) is 0. The normalized spacial score (nSPS) is 12.3. The van der Waals surface area contributed by atoms with Crippen LogP contribution >= 0.6 is 0 Å². The highest BCUT2D eigenvalue weighted by molar-refractivity contribution is 7.97. The van der Waals surface area contributed by atoms with Crippen molar-refractivity contribution in [1.29, 1.82) is 0 Å². The average Bonchev–Trinajstić information content (AvgIpc) is 3.38. The van der Waals surface area contributed by atoms with E-state index in [1.807, 2.05) is 0 Å². The molecule has 3 nitrogen and oxygen atoms in total. The second-order valence-electron chi connectivity index (χ2n) is 8.34.